The lowest BCUT2D eigenvalue weighted by Crippen LogP contribution is -2.56. The fourth-order valence-electron chi connectivity index (χ4n) is 3.88. The van der Waals surface area contributed by atoms with Gasteiger partial charge in [0.1, 0.15) is 12.3 Å². The second kappa shape index (κ2) is 9.98. The van der Waals surface area contributed by atoms with E-state index in [-0.39, 0.29) is 17.7 Å². The number of nitrogens with zero attached hydrogens (tertiary/aromatic N) is 1. The first-order chi connectivity index (χ1) is 17.1. The number of esters is 2. The van der Waals surface area contributed by atoms with E-state index < -0.39 is 53.8 Å². The fraction of sp³-hybridized carbons (Fsp3) is 0.320. The highest BCUT2D eigenvalue weighted by Gasteiger charge is 2.75. The number of carbonyl (C=O) groups is 2. The molecule has 5 nitrogen and oxygen atoms in total. The molecule has 37 heavy (non-hydrogen) atoms. The van der Waals surface area contributed by atoms with E-state index in [0.717, 1.165) is 12.1 Å². The van der Waals surface area contributed by atoms with Gasteiger partial charge in [0.2, 0.25) is 0 Å². The van der Waals surface area contributed by atoms with Gasteiger partial charge in [-0.2, -0.15) is 30.7 Å². The SMILES string of the molecule is C=C(C)C(=O)OCC(=O)OCC1c2ccccc2-c2cc(/C(=N/C)C(F)(F)C(F)(F)C(F)(F)F)ccc21. The molecule has 2 aromatic rings. The Labute approximate surface area is 206 Å². The van der Waals surface area contributed by atoms with Crippen molar-refractivity contribution in [3.8, 4) is 11.1 Å². The lowest BCUT2D eigenvalue weighted by molar-refractivity contribution is -0.336. The van der Waals surface area contributed by atoms with Gasteiger partial charge in [0.25, 0.3) is 0 Å². The van der Waals surface area contributed by atoms with Crippen LogP contribution in [0.3, 0.4) is 0 Å². The molecule has 2 aromatic carbocycles. The number of hydrogen-bond acceptors (Lipinski definition) is 5. The molecule has 0 saturated heterocycles. The normalized spacial score (nSPS) is 15.6. The van der Waals surface area contributed by atoms with Crippen molar-refractivity contribution in [1.29, 1.82) is 0 Å². The maximum atomic E-state index is 14.5. The summed E-state index contributed by atoms with van der Waals surface area (Å²) < 4.78 is 104. The summed E-state index contributed by atoms with van der Waals surface area (Å²) in [5.41, 5.74) is -0.471. The van der Waals surface area contributed by atoms with Crippen LogP contribution in [0.15, 0.2) is 59.6 Å². The summed E-state index contributed by atoms with van der Waals surface area (Å²) in [6.45, 7) is 3.85. The second-order valence-corrected chi connectivity index (χ2v) is 8.20. The summed E-state index contributed by atoms with van der Waals surface area (Å²) in [7, 11) is 0.694. The van der Waals surface area contributed by atoms with Crippen molar-refractivity contribution in [2.24, 2.45) is 4.99 Å². The van der Waals surface area contributed by atoms with Crippen molar-refractivity contribution in [2.45, 2.75) is 30.9 Å². The van der Waals surface area contributed by atoms with Crippen molar-refractivity contribution >= 4 is 17.7 Å². The Kier molecular flexibility index (Phi) is 7.52. The van der Waals surface area contributed by atoms with Gasteiger partial charge in [-0.3, -0.25) is 4.99 Å². The monoisotopic (exact) mass is 531 g/mol. The van der Waals surface area contributed by atoms with E-state index in [1.54, 1.807) is 24.3 Å². The number of rotatable bonds is 8. The molecular weight excluding hydrogens is 511 g/mol. The third kappa shape index (κ3) is 5.09. The lowest BCUT2D eigenvalue weighted by Gasteiger charge is -2.29. The van der Waals surface area contributed by atoms with Gasteiger partial charge < -0.3 is 9.47 Å². The highest BCUT2D eigenvalue weighted by molar-refractivity contribution is 6.07. The minimum absolute atomic E-state index is 0.0795. The van der Waals surface area contributed by atoms with E-state index >= 15 is 0 Å². The predicted molar refractivity (Wildman–Crippen MR) is 119 cm³/mol. The van der Waals surface area contributed by atoms with Gasteiger partial charge in [-0.25, -0.2) is 9.59 Å². The Hall–Kier alpha value is -3.70. The van der Waals surface area contributed by atoms with Crippen LogP contribution in [0, 0.1) is 0 Å². The Morgan fingerprint density at radius 3 is 2.16 bits per heavy atom. The number of aliphatic imine (C=N–C) groups is 1. The Bertz CT molecular complexity index is 1270. The van der Waals surface area contributed by atoms with Crippen molar-refractivity contribution in [2.75, 3.05) is 20.3 Å². The molecule has 198 valence electrons. The third-order valence-corrected chi connectivity index (χ3v) is 5.68. The maximum Gasteiger partial charge on any atom is 0.460 e. The molecule has 0 saturated carbocycles. The Morgan fingerprint density at radius 1 is 0.946 bits per heavy atom. The van der Waals surface area contributed by atoms with E-state index in [1.165, 1.54) is 13.0 Å². The molecular formula is C25H20F7NO4. The quantitative estimate of drug-likeness (QED) is 0.189. The average Bonchev–Trinajstić information content (AvgIpc) is 3.13. The number of benzene rings is 2. The zero-order valence-corrected chi connectivity index (χ0v) is 19.5. The van der Waals surface area contributed by atoms with Crippen LogP contribution < -0.4 is 0 Å². The first-order valence-electron chi connectivity index (χ1n) is 10.6. The number of halogens is 7. The van der Waals surface area contributed by atoms with Crippen LogP contribution in [0.2, 0.25) is 0 Å². The molecule has 0 amide bonds. The van der Waals surface area contributed by atoms with Crippen LogP contribution in [-0.4, -0.2) is 55.9 Å². The average molecular weight is 531 g/mol. The maximum absolute atomic E-state index is 14.5. The van der Waals surface area contributed by atoms with Crippen molar-refractivity contribution in [3.63, 3.8) is 0 Å². The standard InChI is InChI=1S/C25H20F7NO4/c1-13(2)22(35)37-12-20(34)36-11-19-16-7-5-4-6-15(16)18-10-14(8-9-17(18)19)21(33-3)23(26,27)24(28,29)25(30,31)32/h4-10,19H,1,11-12H2,2-3H3/b33-21-. The summed E-state index contributed by atoms with van der Waals surface area (Å²) in [5.74, 6) is -14.3. The molecule has 0 heterocycles. The largest absolute Gasteiger partial charge is 0.462 e. The van der Waals surface area contributed by atoms with E-state index in [1.807, 2.05) is 0 Å². The summed E-state index contributed by atoms with van der Waals surface area (Å²) >= 11 is 0. The topological polar surface area (TPSA) is 65.0 Å². The number of ether oxygens (including phenoxy) is 2. The first kappa shape index (κ1) is 27.9. The minimum atomic E-state index is -6.51. The Morgan fingerprint density at radius 2 is 1.57 bits per heavy atom. The molecule has 0 fully saturated rings. The highest BCUT2D eigenvalue weighted by atomic mass is 19.4. The van der Waals surface area contributed by atoms with Crippen LogP contribution in [-0.2, 0) is 19.1 Å². The second-order valence-electron chi connectivity index (χ2n) is 8.20. The molecule has 1 unspecified atom stereocenters. The molecule has 1 atom stereocenters. The predicted octanol–water partition coefficient (Wildman–Crippen LogP) is 5.71. The minimum Gasteiger partial charge on any atom is -0.462 e. The molecule has 1 aliphatic rings. The highest BCUT2D eigenvalue weighted by Crippen LogP contribution is 2.49. The molecule has 0 aliphatic heterocycles. The van der Waals surface area contributed by atoms with Crippen LogP contribution in [0.4, 0.5) is 30.7 Å². The molecule has 0 aromatic heterocycles. The molecule has 0 N–H and O–H groups in total. The van der Waals surface area contributed by atoms with Gasteiger partial charge in [-0.1, -0.05) is 43.0 Å². The third-order valence-electron chi connectivity index (χ3n) is 5.68. The number of hydrogen-bond donors (Lipinski definition) is 0. The van der Waals surface area contributed by atoms with E-state index in [2.05, 4.69) is 11.6 Å². The first-order valence-corrected chi connectivity index (χ1v) is 10.6. The van der Waals surface area contributed by atoms with Gasteiger partial charge in [0.05, 0.1) is 0 Å². The van der Waals surface area contributed by atoms with Crippen LogP contribution in [0.1, 0.15) is 29.5 Å². The number of fused-ring (bicyclic) bond motifs is 3. The molecule has 0 bridgehead atoms. The summed E-state index contributed by atoms with van der Waals surface area (Å²) in [6.07, 6.45) is -6.51. The van der Waals surface area contributed by atoms with Crippen molar-refractivity contribution < 1.29 is 49.8 Å². The number of alkyl halides is 7. The van der Waals surface area contributed by atoms with Gasteiger partial charge in [0, 0.05) is 24.1 Å². The molecule has 1 aliphatic carbocycles. The fourth-order valence-corrected chi connectivity index (χ4v) is 3.88. The zero-order chi connectivity index (χ0) is 27.8. The number of carbonyl (C=O) groups excluding carboxylic acids is 2. The van der Waals surface area contributed by atoms with Crippen molar-refractivity contribution in [3.05, 3.63) is 71.3 Å². The summed E-state index contributed by atoms with van der Waals surface area (Å²) in [4.78, 5) is 26.5. The lowest BCUT2D eigenvalue weighted by atomic mass is 9.93. The Balaban J connectivity index is 1.93. The zero-order valence-electron chi connectivity index (χ0n) is 19.5. The van der Waals surface area contributed by atoms with Gasteiger partial charge in [0.15, 0.2) is 6.61 Å². The van der Waals surface area contributed by atoms with E-state index in [4.69, 9.17) is 9.47 Å². The van der Waals surface area contributed by atoms with E-state index in [0.29, 0.717) is 23.7 Å². The van der Waals surface area contributed by atoms with Gasteiger partial charge in [-0.15, -0.1) is 0 Å². The molecule has 3 rings (SSSR count). The van der Waals surface area contributed by atoms with Gasteiger partial charge >= 0.3 is 30.0 Å². The molecule has 12 heteroatoms. The summed E-state index contributed by atoms with van der Waals surface area (Å²) in [5, 5.41) is 0. The van der Waals surface area contributed by atoms with Crippen LogP contribution >= 0.6 is 0 Å². The smallest absolute Gasteiger partial charge is 0.460 e. The van der Waals surface area contributed by atoms with E-state index in [9.17, 15) is 40.3 Å². The van der Waals surface area contributed by atoms with Gasteiger partial charge in [-0.05, 0) is 35.2 Å². The van der Waals surface area contributed by atoms with Crippen molar-refractivity contribution in [1.82, 2.24) is 0 Å². The molecule has 0 radical (unpaired) electrons. The molecule has 0 spiro atoms. The van der Waals surface area contributed by atoms with Crippen LogP contribution in [0.5, 0.6) is 0 Å². The summed E-state index contributed by atoms with van der Waals surface area (Å²) in [6, 6.07) is 9.81. The van der Waals surface area contributed by atoms with Crippen LogP contribution in [0.25, 0.3) is 11.1 Å².